The summed E-state index contributed by atoms with van der Waals surface area (Å²) in [5.41, 5.74) is 7.69. The number of hydrogen-bond acceptors (Lipinski definition) is 2. The zero-order valence-corrected chi connectivity index (χ0v) is 14.4. The number of nitrogens with two attached hydrogens (primary N) is 1. The monoisotopic (exact) mass is 397 g/mol. The number of rotatable bonds is 5. The first-order chi connectivity index (χ1) is 9.54. The number of halogens is 2. The number of hydrogen-bond donors (Lipinski definition) is 1. The van der Waals surface area contributed by atoms with E-state index in [0.717, 1.165) is 34.5 Å². The summed E-state index contributed by atoms with van der Waals surface area (Å²) in [6, 6.07) is 13.6. The van der Waals surface area contributed by atoms with Crippen LogP contribution in [0.5, 0.6) is 11.5 Å². The molecule has 0 amide bonds. The minimum Gasteiger partial charge on any atom is -0.456 e. The first kappa shape index (κ1) is 15.4. The third-order valence-corrected chi connectivity index (χ3v) is 4.01. The van der Waals surface area contributed by atoms with Crippen molar-refractivity contribution in [3.05, 3.63) is 52.5 Å². The maximum absolute atomic E-state index is 5.83. The van der Waals surface area contributed by atoms with Crippen LogP contribution in [0.1, 0.15) is 18.9 Å². The van der Waals surface area contributed by atoms with Gasteiger partial charge in [-0.1, -0.05) is 28.9 Å². The molecule has 0 radical (unpaired) electrons. The van der Waals surface area contributed by atoms with Crippen LogP contribution in [0.25, 0.3) is 0 Å². The molecule has 4 heteroatoms. The van der Waals surface area contributed by atoms with Gasteiger partial charge in [0.1, 0.15) is 11.5 Å². The fourth-order valence-corrected chi connectivity index (χ4v) is 2.55. The standard InChI is InChI=1S/C16H17Br2NO/c1-11(17)2-3-12-4-9-16(15(18)10-12)20-14-7-5-13(19)6-8-14/h4-11H,2-3,19H2,1H3. The van der Waals surface area contributed by atoms with E-state index in [9.17, 15) is 0 Å². The van der Waals surface area contributed by atoms with Gasteiger partial charge in [0.15, 0.2) is 0 Å². The van der Waals surface area contributed by atoms with Crippen LogP contribution >= 0.6 is 31.9 Å². The summed E-state index contributed by atoms with van der Waals surface area (Å²) in [6.45, 7) is 2.16. The molecule has 0 aliphatic heterocycles. The van der Waals surface area contributed by atoms with Gasteiger partial charge in [0.25, 0.3) is 0 Å². The Morgan fingerprint density at radius 1 is 1.15 bits per heavy atom. The zero-order valence-electron chi connectivity index (χ0n) is 11.3. The molecule has 0 fully saturated rings. The average Bonchev–Trinajstić information content (AvgIpc) is 2.41. The second-order valence-electron chi connectivity index (χ2n) is 4.76. The van der Waals surface area contributed by atoms with Gasteiger partial charge in [-0.15, -0.1) is 0 Å². The van der Waals surface area contributed by atoms with Crippen LogP contribution in [0.4, 0.5) is 5.69 Å². The van der Waals surface area contributed by atoms with Crippen LogP contribution in [0.2, 0.25) is 0 Å². The fourth-order valence-electron chi connectivity index (χ4n) is 1.81. The number of aryl methyl sites for hydroxylation is 1. The van der Waals surface area contributed by atoms with Crippen LogP contribution in [0.3, 0.4) is 0 Å². The average molecular weight is 399 g/mol. The minimum atomic E-state index is 0.534. The van der Waals surface area contributed by atoms with Gasteiger partial charge in [0.2, 0.25) is 0 Å². The summed E-state index contributed by atoms with van der Waals surface area (Å²) >= 11 is 7.13. The van der Waals surface area contributed by atoms with Crippen LogP contribution < -0.4 is 10.5 Å². The van der Waals surface area contributed by atoms with E-state index in [4.69, 9.17) is 10.5 Å². The number of benzene rings is 2. The second kappa shape index (κ2) is 7.14. The minimum absolute atomic E-state index is 0.534. The molecule has 0 saturated heterocycles. The Morgan fingerprint density at radius 3 is 2.45 bits per heavy atom. The molecule has 2 N–H and O–H groups in total. The van der Waals surface area contributed by atoms with Gasteiger partial charge in [-0.2, -0.15) is 0 Å². The molecule has 1 atom stereocenters. The van der Waals surface area contributed by atoms with Crippen molar-refractivity contribution in [3.63, 3.8) is 0 Å². The predicted octanol–water partition coefficient (Wildman–Crippen LogP) is 5.54. The van der Waals surface area contributed by atoms with Gasteiger partial charge in [0, 0.05) is 10.5 Å². The Morgan fingerprint density at radius 2 is 1.85 bits per heavy atom. The Hall–Kier alpha value is -1.000. The van der Waals surface area contributed by atoms with E-state index < -0.39 is 0 Å². The molecular formula is C16H17Br2NO. The van der Waals surface area contributed by atoms with Crippen LogP contribution in [-0.4, -0.2) is 4.83 Å². The Labute approximate surface area is 136 Å². The van der Waals surface area contributed by atoms with E-state index in [0.29, 0.717) is 4.83 Å². The van der Waals surface area contributed by atoms with Gasteiger partial charge in [-0.25, -0.2) is 0 Å². The Bertz CT molecular complexity index is 567. The van der Waals surface area contributed by atoms with Gasteiger partial charge >= 0.3 is 0 Å². The van der Waals surface area contributed by atoms with E-state index >= 15 is 0 Å². The number of ether oxygens (including phenoxy) is 1. The van der Waals surface area contributed by atoms with E-state index in [1.807, 2.05) is 30.3 Å². The lowest BCUT2D eigenvalue weighted by molar-refractivity contribution is 0.479. The summed E-state index contributed by atoms with van der Waals surface area (Å²) in [5.74, 6) is 1.59. The molecule has 2 nitrogen and oxygen atoms in total. The highest BCUT2D eigenvalue weighted by Crippen LogP contribution is 2.31. The van der Waals surface area contributed by atoms with E-state index in [1.54, 1.807) is 0 Å². The topological polar surface area (TPSA) is 35.2 Å². The zero-order chi connectivity index (χ0) is 14.5. The summed E-state index contributed by atoms with van der Waals surface area (Å²) < 4.78 is 6.80. The van der Waals surface area contributed by atoms with Gasteiger partial charge in [-0.05, 0) is 70.7 Å². The highest BCUT2D eigenvalue weighted by molar-refractivity contribution is 9.10. The first-order valence-corrected chi connectivity index (χ1v) is 8.21. The van der Waals surface area contributed by atoms with E-state index in [-0.39, 0.29) is 0 Å². The predicted molar refractivity (Wildman–Crippen MR) is 91.8 cm³/mol. The molecule has 0 aliphatic carbocycles. The highest BCUT2D eigenvalue weighted by atomic mass is 79.9. The lowest BCUT2D eigenvalue weighted by atomic mass is 10.1. The molecule has 0 saturated carbocycles. The number of anilines is 1. The normalized spacial score (nSPS) is 12.2. The van der Waals surface area contributed by atoms with Crippen molar-refractivity contribution in [3.8, 4) is 11.5 Å². The van der Waals surface area contributed by atoms with Gasteiger partial charge in [-0.3, -0.25) is 0 Å². The quantitative estimate of drug-likeness (QED) is 0.530. The molecule has 106 valence electrons. The smallest absolute Gasteiger partial charge is 0.141 e. The van der Waals surface area contributed by atoms with Crippen molar-refractivity contribution in [2.75, 3.05) is 5.73 Å². The van der Waals surface area contributed by atoms with Crippen molar-refractivity contribution >= 4 is 37.5 Å². The van der Waals surface area contributed by atoms with Crippen LogP contribution in [-0.2, 0) is 6.42 Å². The van der Waals surface area contributed by atoms with Crippen molar-refractivity contribution in [1.29, 1.82) is 0 Å². The van der Waals surface area contributed by atoms with Gasteiger partial charge in [0.05, 0.1) is 4.47 Å². The largest absolute Gasteiger partial charge is 0.456 e. The molecule has 0 heterocycles. The number of nitrogen functional groups attached to an aromatic ring is 1. The van der Waals surface area contributed by atoms with Crippen LogP contribution in [0.15, 0.2) is 46.9 Å². The maximum atomic E-state index is 5.83. The van der Waals surface area contributed by atoms with Crippen molar-refractivity contribution < 1.29 is 4.74 Å². The summed E-state index contributed by atoms with van der Waals surface area (Å²) in [6.07, 6.45) is 2.16. The number of alkyl halides is 1. The lowest BCUT2D eigenvalue weighted by Gasteiger charge is -2.10. The van der Waals surface area contributed by atoms with Crippen molar-refractivity contribution in [1.82, 2.24) is 0 Å². The third-order valence-electron chi connectivity index (χ3n) is 2.93. The van der Waals surface area contributed by atoms with Crippen molar-refractivity contribution in [2.24, 2.45) is 0 Å². The summed E-state index contributed by atoms with van der Waals surface area (Å²) in [4.78, 5) is 0.534. The molecular weight excluding hydrogens is 382 g/mol. The van der Waals surface area contributed by atoms with E-state index in [1.165, 1.54) is 5.56 Å². The molecule has 2 aromatic rings. The third kappa shape index (κ3) is 4.53. The lowest BCUT2D eigenvalue weighted by Crippen LogP contribution is -1.95. The Balaban J connectivity index is 2.07. The highest BCUT2D eigenvalue weighted by Gasteiger charge is 2.05. The second-order valence-corrected chi connectivity index (χ2v) is 7.17. The summed E-state index contributed by atoms with van der Waals surface area (Å²) in [7, 11) is 0. The van der Waals surface area contributed by atoms with Crippen molar-refractivity contribution in [2.45, 2.75) is 24.6 Å². The molecule has 1 unspecified atom stereocenters. The SMILES string of the molecule is CC(Br)CCc1ccc(Oc2ccc(N)cc2)c(Br)c1. The summed E-state index contributed by atoms with van der Waals surface area (Å²) in [5, 5.41) is 0. The molecule has 0 aromatic heterocycles. The molecule has 2 aromatic carbocycles. The molecule has 20 heavy (non-hydrogen) atoms. The Kier molecular flexibility index (Phi) is 5.49. The molecule has 0 spiro atoms. The molecule has 0 aliphatic rings. The van der Waals surface area contributed by atoms with Crippen LogP contribution in [0, 0.1) is 0 Å². The molecule has 0 bridgehead atoms. The fraction of sp³-hybridized carbons (Fsp3) is 0.250. The first-order valence-electron chi connectivity index (χ1n) is 6.50. The maximum Gasteiger partial charge on any atom is 0.141 e. The van der Waals surface area contributed by atoms with E-state index in [2.05, 4.69) is 50.9 Å². The molecule has 2 rings (SSSR count). The van der Waals surface area contributed by atoms with Gasteiger partial charge < -0.3 is 10.5 Å².